The summed E-state index contributed by atoms with van der Waals surface area (Å²) in [5.41, 5.74) is 8.32. The first kappa shape index (κ1) is 18.1. The highest BCUT2D eigenvalue weighted by Gasteiger charge is 2.29. The van der Waals surface area contributed by atoms with Crippen LogP contribution in [0.3, 0.4) is 0 Å². The monoisotopic (exact) mass is 401 g/mol. The normalized spacial score (nSPS) is 13.0. The highest BCUT2D eigenvalue weighted by Crippen LogP contribution is 2.41. The molecule has 0 radical (unpaired) electrons. The van der Waals surface area contributed by atoms with Gasteiger partial charge in [-0.15, -0.1) is 0 Å². The van der Waals surface area contributed by atoms with Gasteiger partial charge in [-0.25, -0.2) is 9.37 Å². The molecule has 0 spiro atoms. The summed E-state index contributed by atoms with van der Waals surface area (Å²) in [4.78, 5) is 19.5. The van der Waals surface area contributed by atoms with Gasteiger partial charge < -0.3 is 26.1 Å². The number of H-pyrrole nitrogens is 1. The zero-order chi connectivity index (χ0) is 19.8. The van der Waals surface area contributed by atoms with E-state index < -0.39 is 5.82 Å². The minimum absolute atomic E-state index is 0.207. The van der Waals surface area contributed by atoms with E-state index in [2.05, 4.69) is 20.6 Å². The molecule has 3 heterocycles. The maximum atomic E-state index is 14.7. The fourth-order valence-corrected chi connectivity index (χ4v) is 3.56. The van der Waals surface area contributed by atoms with Crippen LogP contribution in [0.15, 0.2) is 30.5 Å². The number of hydrogen-bond acceptors (Lipinski definition) is 5. The van der Waals surface area contributed by atoms with Crippen molar-refractivity contribution in [2.75, 3.05) is 24.7 Å². The highest BCUT2D eigenvalue weighted by atomic mass is 35.5. The third-order valence-corrected chi connectivity index (χ3v) is 4.88. The number of nitrogens with two attached hydrogens (primary N) is 1. The molecular weight excluding hydrogens is 385 g/mol. The Morgan fingerprint density at radius 2 is 2.18 bits per heavy atom. The number of aromatic nitrogens is 2. The molecule has 0 saturated carbocycles. The van der Waals surface area contributed by atoms with E-state index in [-0.39, 0.29) is 17.3 Å². The molecule has 1 aliphatic heterocycles. The molecule has 28 heavy (non-hydrogen) atoms. The molecule has 9 heteroatoms. The van der Waals surface area contributed by atoms with E-state index in [0.717, 1.165) is 0 Å². The Bertz CT molecular complexity index is 1080. The van der Waals surface area contributed by atoms with Crippen LogP contribution in [-0.4, -0.2) is 29.5 Å². The summed E-state index contributed by atoms with van der Waals surface area (Å²) in [6.45, 7) is 0.493. The van der Waals surface area contributed by atoms with E-state index in [4.69, 9.17) is 22.1 Å². The quantitative estimate of drug-likeness (QED) is 0.535. The molecule has 144 valence electrons. The number of rotatable bonds is 4. The van der Waals surface area contributed by atoms with Gasteiger partial charge in [0.25, 0.3) is 5.91 Å². The second-order valence-electron chi connectivity index (χ2n) is 6.24. The van der Waals surface area contributed by atoms with Crippen LogP contribution in [0.2, 0.25) is 5.02 Å². The van der Waals surface area contributed by atoms with Crippen molar-refractivity contribution >= 4 is 34.7 Å². The second-order valence-corrected chi connectivity index (χ2v) is 6.65. The first-order chi connectivity index (χ1) is 13.5. The molecule has 1 aromatic carbocycles. The van der Waals surface area contributed by atoms with E-state index in [0.29, 0.717) is 52.1 Å². The Morgan fingerprint density at radius 1 is 1.36 bits per heavy atom. The molecule has 3 aromatic rings. The summed E-state index contributed by atoms with van der Waals surface area (Å²) in [5, 5.41) is 6.40. The largest absolute Gasteiger partial charge is 0.493 e. The first-order valence-electron chi connectivity index (χ1n) is 8.54. The molecule has 0 saturated heterocycles. The van der Waals surface area contributed by atoms with Crippen molar-refractivity contribution in [3.05, 3.63) is 52.6 Å². The van der Waals surface area contributed by atoms with Gasteiger partial charge in [-0.3, -0.25) is 4.79 Å². The number of carbonyl (C=O) groups excluding carboxylic acids is 1. The van der Waals surface area contributed by atoms with Crippen molar-refractivity contribution < 1.29 is 13.9 Å². The molecule has 0 fully saturated rings. The number of fused-ring (bicyclic) bond motifs is 1. The van der Waals surface area contributed by atoms with Crippen LogP contribution in [0.25, 0.3) is 11.3 Å². The van der Waals surface area contributed by atoms with Gasteiger partial charge in [0.1, 0.15) is 0 Å². The van der Waals surface area contributed by atoms with Crippen LogP contribution in [0.1, 0.15) is 16.1 Å². The number of nitrogens with one attached hydrogen (secondary N) is 3. The number of aromatic amines is 1. The predicted molar refractivity (Wildman–Crippen MR) is 106 cm³/mol. The van der Waals surface area contributed by atoms with Gasteiger partial charge >= 0.3 is 0 Å². The number of amides is 1. The van der Waals surface area contributed by atoms with Crippen LogP contribution < -0.4 is 21.1 Å². The fraction of sp³-hybridized carbons (Fsp3) is 0.158. The Labute approximate surface area is 165 Å². The summed E-state index contributed by atoms with van der Waals surface area (Å²) >= 11 is 6.21. The van der Waals surface area contributed by atoms with Crippen LogP contribution in [0, 0.1) is 5.82 Å². The van der Waals surface area contributed by atoms with Gasteiger partial charge in [0.15, 0.2) is 17.4 Å². The standard InChI is InChI=1S/C19H17ClFN5O2/c1-28-17-10(20)3-2-4-12(17)26-16-13-11(6-8-24-19(13)27)25-15(16)9-5-7-23-18(22)14(9)21/h2-5,7,25-26H,6,8H2,1H3,(H2,22,23)(H,24,27). The molecule has 1 aliphatic rings. The maximum Gasteiger partial charge on any atom is 0.255 e. The predicted octanol–water partition coefficient (Wildman–Crippen LogP) is 3.49. The molecular formula is C19H17ClFN5O2. The molecule has 4 rings (SSSR count). The zero-order valence-corrected chi connectivity index (χ0v) is 15.7. The van der Waals surface area contributed by atoms with E-state index in [1.54, 1.807) is 18.2 Å². The van der Waals surface area contributed by atoms with Crippen molar-refractivity contribution in [1.29, 1.82) is 0 Å². The Kier molecular flexibility index (Phi) is 4.56. The topological polar surface area (TPSA) is 105 Å². The van der Waals surface area contributed by atoms with Crippen LogP contribution >= 0.6 is 11.6 Å². The highest BCUT2D eigenvalue weighted by molar-refractivity contribution is 6.32. The maximum absolute atomic E-state index is 14.7. The summed E-state index contributed by atoms with van der Waals surface area (Å²) < 4.78 is 20.1. The van der Waals surface area contributed by atoms with E-state index >= 15 is 0 Å². The number of anilines is 3. The number of halogens is 2. The smallest absolute Gasteiger partial charge is 0.255 e. The molecule has 2 aromatic heterocycles. The van der Waals surface area contributed by atoms with Crippen LogP contribution in [0.5, 0.6) is 5.75 Å². The second kappa shape index (κ2) is 7.05. The third kappa shape index (κ3) is 2.91. The summed E-state index contributed by atoms with van der Waals surface area (Å²) in [6, 6.07) is 6.69. The molecule has 0 aliphatic carbocycles. The number of nitrogen functional groups attached to an aromatic ring is 1. The van der Waals surface area contributed by atoms with Crippen molar-refractivity contribution in [3.8, 4) is 17.0 Å². The number of para-hydroxylation sites is 1. The van der Waals surface area contributed by atoms with Crippen molar-refractivity contribution in [3.63, 3.8) is 0 Å². The number of hydrogen-bond donors (Lipinski definition) is 4. The lowest BCUT2D eigenvalue weighted by molar-refractivity contribution is 0.0947. The molecule has 0 atom stereocenters. The molecule has 0 unspecified atom stereocenters. The summed E-state index contributed by atoms with van der Waals surface area (Å²) in [7, 11) is 1.50. The lowest BCUT2D eigenvalue weighted by atomic mass is 10.0. The van der Waals surface area contributed by atoms with Crippen LogP contribution in [0.4, 0.5) is 21.6 Å². The van der Waals surface area contributed by atoms with E-state index in [1.165, 1.54) is 19.4 Å². The first-order valence-corrected chi connectivity index (χ1v) is 8.92. The molecule has 7 nitrogen and oxygen atoms in total. The minimum Gasteiger partial charge on any atom is -0.493 e. The lowest BCUT2D eigenvalue weighted by Crippen LogP contribution is -2.31. The Balaban J connectivity index is 1.93. The summed E-state index contributed by atoms with van der Waals surface area (Å²) in [6.07, 6.45) is 2.00. The Morgan fingerprint density at radius 3 is 2.96 bits per heavy atom. The lowest BCUT2D eigenvalue weighted by Gasteiger charge is -2.17. The Hall–Kier alpha value is -3.26. The van der Waals surface area contributed by atoms with Crippen LogP contribution in [-0.2, 0) is 6.42 Å². The van der Waals surface area contributed by atoms with Gasteiger partial charge in [-0.1, -0.05) is 17.7 Å². The fourth-order valence-electron chi connectivity index (χ4n) is 3.31. The van der Waals surface area contributed by atoms with Crippen molar-refractivity contribution in [2.24, 2.45) is 0 Å². The van der Waals surface area contributed by atoms with Gasteiger partial charge in [-0.05, 0) is 18.2 Å². The third-order valence-electron chi connectivity index (χ3n) is 4.58. The van der Waals surface area contributed by atoms with Gasteiger partial charge in [0.2, 0.25) is 0 Å². The number of methoxy groups -OCH3 is 1. The molecule has 5 N–H and O–H groups in total. The zero-order valence-electron chi connectivity index (χ0n) is 14.9. The number of pyridine rings is 1. The van der Waals surface area contributed by atoms with E-state index in [9.17, 15) is 9.18 Å². The SMILES string of the molecule is COc1c(Cl)cccc1Nc1c(-c2ccnc(N)c2F)[nH]c2c1C(=O)NCC2. The van der Waals surface area contributed by atoms with Gasteiger partial charge in [0.05, 0.1) is 34.8 Å². The van der Waals surface area contributed by atoms with Crippen molar-refractivity contribution in [1.82, 2.24) is 15.3 Å². The average Bonchev–Trinajstić information content (AvgIpc) is 3.04. The number of nitrogens with zero attached hydrogens (tertiary/aromatic N) is 1. The molecule has 1 amide bonds. The number of carbonyl (C=O) groups is 1. The van der Waals surface area contributed by atoms with Crippen molar-refractivity contribution in [2.45, 2.75) is 6.42 Å². The van der Waals surface area contributed by atoms with Gasteiger partial charge in [-0.2, -0.15) is 0 Å². The average molecular weight is 402 g/mol. The number of ether oxygens (including phenoxy) is 1. The van der Waals surface area contributed by atoms with Gasteiger partial charge in [0, 0.05) is 30.4 Å². The molecule has 0 bridgehead atoms. The summed E-state index contributed by atoms with van der Waals surface area (Å²) in [5.74, 6) is -0.728. The van der Waals surface area contributed by atoms with E-state index in [1.807, 2.05) is 0 Å². The number of benzene rings is 1. The minimum atomic E-state index is -0.664.